The van der Waals surface area contributed by atoms with Crippen LogP contribution >= 0.6 is 0 Å². The standard InChI is InChI=1S/C17H24N4O3S/c1-2-3-9-16-18-17(24-19-16)14-20-10-12-21(13-11-20)25(22,23)15-7-5-4-6-8-15/h4-8H,2-3,9-14H2,1H3. The summed E-state index contributed by atoms with van der Waals surface area (Å²) in [4.78, 5) is 6.90. The van der Waals surface area contributed by atoms with Gasteiger partial charge in [-0.05, 0) is 18.6 Å². The van der Waals surface area contributed by atoms with Crippen LogP contribution < -0.4 is 0 Å². The first kappa shape index (κ1) is 18.0. The summed E-state index contributed by atoms with van der Waals surface area (Å²) in [6.45, 7) is 4.93. The Bertz CT molecular complexity index is 768. The summed E-state index contributed by atoms with van der Waals surface area (Å²) in [5.41, 5.74) is 0. The monoisotopic (exact) mass is 364 g/mol. The Hall–Kier alpha value is -1.77. The maximum atomic E-state index is 12.6. The van der Waals surface area contributed by atoms with Crippen molar-refractivity contribution in [2.24, 2.45) is 0 Å². The molecule has 3 rings (SSSR count). The number of rotatable bonds is 7. The van der Waals surface area contributed by atoms with Crippen molar-refractivity contribution < 1.29 is 12.9 Å². The van der Waals surface area contributed by atoms with E-state index in [9.17, 15) is 8.42 Å². The first-order valence-corrected chi connectivity index (χ1v) is 10.1. The fraction of sp³-hybridized carbons (Fsp3) is 0.529. The van der Waals surface area contributed by atoms with E-state index in [1.807, 2.05) is 6.07 Å². The van der Waals surface area contributed by atoms with E-state index < -0.39 is 10.0 Å². The molecule has 0 unspecified atom stereocenters. The van der Waals surface area contributed by atoms with Crippen LogP contribution in [-0.2, 0) is 23.0 Å². The largest absolute Gasteiger partial charge is 0.338 e. The number of aryl methyl sites for hydroxylation is 1. The van der Waals surface area contributed by atoms with Crippen LogP contribution in [0.2, 0.25) is 0 Å². The van der Waals surface area contributed by atoms with E-state index in [1.165, 1.54) is 0 Å². The van der Waals surface area contributed by atoms with Crippen molar-refractivity contribution in [1.82, 2.24) is 19.3 Å². The third-order valence-electron chi connectivity index (χ3n) is 4.34. The molecule has 0 N–H and O–H groups in total. The van der Waals surface area contributed by atoms with Crippen LogP contribution in [0.3, 0.4) is 0 Å². The molecule has 2 aromatic rings. The van der Waals surface area contributed by atoms with Crippen molar-refractivity contribution in [2.75, 3.05) is 26.2 Å². The molecule has 1 aromatic carbocycles. The maximum Gasteiger partial charge on any atom is 0.243 e. The van der Waals surface area contributed by atoms with Gasteiger partial charge in [0.2, 0.25) is 15.9 Å². The third kappa shape index (κ3) is 4.45. The van der Waals surface area contributed by atoms with Crippen LogP contribution in [-0.4, -0.2) is 53.9 Å². The molecule has 0 aliphatic carbocycles. The highest BCUT2D eigenvalue weighted by Crippen LogP contribution is 2.18. The molecule has 0 atom stereocenters. The summed E-state index contributed by atoms with van der Waals surface area (Å²) in [7, 11) is -3.41. The Kier molecular flexibility index (Phi) is 5.82. The van der Waals surface area contributed by atoms with Crippen LogP contribution in [0.5, 0.6) is 0 Å². The summed E-state index contributed by atoms with van der Waals surface area (Å²) < 4.78 is 32.1. The van der Waals surface area contributed by atoms with Crippen molar-refractivity contribution in [3.8, 4) is 0 Å². The van der Waals surface area contributed by atoms with Gasteiger partial charge in [0, 0.05) is 32.6 Å². The molecule has 0 bridgehead atoms. The fourth-order valence-electron chi connectivity index (χ4n) is 2.85. The first-order chi connectivity index (χ1) is 12.1. The van der Waals surface area contributed by atoms with Crippen LogP contribution in [0.1, 0.15) is 31.5 Å². The summed E-state index contributed by atoms with van der Waals surface area (Å²) >= 11 is 0. The number of unbranched alkanes of at least 4 members (excludes halogenated alkanes) is 1. The average molecular weight is 364 g/mol. The molecule has 7 nitrogen and oxygen atoms in total. The molecular formula is C17H24N4O3S. The number of nitrogens with zero attached hydrogens (tertiary/aromatic N) is 4. The van der Waals surface area contributed by atoms with E-state index in [0.29, 0.717) is 43.5 Å². The second kappa shape index (κ2) is 8.07. The number of hydrogen-bond acceptors (Lipinski definition) is 6. The molecule has 1 aromatic heterocycles. The molecule has 8 heteroatoms. The van der Waals surface area contributed by atoms with Gasteiger partial charge in [0.15, 0.2) is 5.82 Å². The first-order valence-electron chi connectivity index (χ1n) is 8.68. The third-order valence-corrected chi connectivity index (χ3v) is 6.25. The molecule has 1 aliphatic rings. The molecular weight excluding hydrogens is 340 g/mol. The predicted molar refractivity (Wildman–Crippen MR) is 93.4 cm³/mol. The Morgan fingerprint density at radius 3 is 2.52 bits per heavy atom. The van der Waals surface area contributed by atoms with Crippen LogP contribution in [0, 0.1) is 0 Å². The van der Waals surface area contributed by atoms with E-state index in [2.05, 4.69) is 22.0 Å². The second-order valence-corrected chi connectivity index (χ2v) is 8.14. The number of piperazine rings is 1. The predicted octanol–water partition coefficient (Wildman–Crippen LogP) is 1.92. The summed E-state index contributed by atoms with van der Waals surface area (Å²) in [5, 5.41) is 3.99. The van der Waals surface area contributed by atoms with Crippen molar-refractivity contribution >= 4 is 10.0 Å². The summed E-state index contributed by atoms with van der Waals surface area (Å²) in [5.74, 6) is 1.35. The number of hydrogen-bond donors (Lipinski definition) is 0. The summed E-state index contributed by atoms with van der Waals surface area (Å²) in [6, 6.07) is 8.58. The van der Waals surface area contributed by atoms with Gasteiger partial charge < -0.3 is 4.52 Å². The van der Waals surface area contributed by atoms with Gasteiger partial charge in [-0.15, -0.1) is 0 Å². The smallest absolute Gasteiger partial charge is 0.243 e. The zero-order chi connectivity index (χ0) is 17.7. The fourth-order valence-corrected chi connectivity index (χ4v) is 4.29. The molecule has 1 saturated heterocycles. The van der Waals surface area contributed by atoms with Gasteiger partial charge in [0.1, 0.15) is 0 Å². The van der Waals surface area contributed by atoms with Crippen molar-refractivity contribution in [1.29, 1.82) is 0 Å². The minimum absolute atomic E-state index is 0.348. The van der Waals surface area contributed by atoms with Crippen molar-refractivity contribution in [3.63, 3.8) is 0 Å². The highest BCUT2D eigenvalue weighted by Gasteiger charge is 2.28. The number of sulfonamides is 1. The number of benzene rings is 1. The van der Waals surface area contributed by atoms with Gasteiger partial charge in [-0.2, -0.15) is 9.29 Å². The normalized spacial score (nSPS) is 17.0. The molecule has 0 radical (unpaired) electrons. The zero-order valence-corrected chi connectivity index (χ0v) is 15.3. The molecule has 1 fully saturated rings. The molecule has 0 amide bonds. The molecule has 0 spiro atoms. The Morgan fingerprint density at radius 1 is 1.12 bits per heavy atom. The van der Waals surface area contributed by atoms with Crippen LogP contribution in [0.15, 0.2) is 39.8 Å². The van der Waals surface area contributed by atoms with E-state index in [0.717, 1.165) is 25.1 Å². The lowest BCUT2D eigenvalue weighted by atomic mass is 10.2. The lowest BCUT2D eigenvalue weighted by molar-refractivity contribution is 0.163. The van der Waals surface area contributed by atoms with E-state index in [1.54, 1.807) is 28.6 Å². The number of aromatic nitrogens is 2. The highest BCUT2D eigenvalue weighted by molar-refractivity contribution is 7.89. The zero-order valence-electron chi connectivity index (χ0n) is 14.5. The second-order valence-electron chi connectivity index (χ2n) is 6.20. The molecule has 0 saturated carbocycles. The minimum atomic E-state index is -3.41. The maximum absolute atomic E-state index is 12.6. The highest BCUT2D eigenvalue weighted by atomic mass is 32.2. The van der Waals surface area contributed by atoms with E-state index >= 15 is 0 Å². The Labute approximate surface area is 148 Å². The molecule has 2 heterocycles. The van der Waals surface area contributed by atoms with Gasteiger partial charge in [-0.1, -0.05) is 36.7 Å². The van der Waals surface area contributed by atoms with E-state index in [4.69, 9.17) is 4.52 Å². The van der Waals surface area contributed by atoms with Crippen LogP contribution in [0.4, 0.5) is 0 Å². The van der Waals surface area contributed by atoms with E-state index in [-0.39, 0.29) is 0 Å². The van der Waals surface area contributed by atoms with Crippen molar-refractivity contribution in [3.05, 3.63) is 42.0 Å². The lowest BCUT2D eigenvalue weighted by Crippen LogP contribution is -2.48. The topological polar surface area (TPSA) is 79.5 Å². The van der Waals surface area contributed by atoms with Gasteiger partial charge in [0.25, 0.3) is 0 Å². The van der Waals surface area contributed by atoms with Crippen molar-refractivity contribution in [2.45, 2.75) is 37.6 Å². The van der Waals surface area contributed by atoms with Gasteiger partial charge in [-0.25, -0.2) is 8.42 Å². The van der Waals surface area contributed by atoms with Gasteiger partial charge in [-0.3, -0.25) is 4.90 Å². The minimum Gasteiger partial charge on any atom is -0.338 e. The average Bonchev–Trinajstić information content (AvgIpc) is 3.08. The van der Waals surface area contributed by atoms with Gasteiger partial charge >= 0.3 is 0 Å². The lowest BCUT2D eigenvalue weighted by Gasteiger charge is -2.33. The molecule has 1 aliphatic heterocycles. The Morgan fingerprint density at radius 2 is 1.84 bits per heavy atom. The molecule has 136 valence electrons. The SMILES string of the molecule is CCCCc1noc(CN2CCN(S(=O)(=O)c3ccccc3)CC2)n1. The quantitative estimate of drug-likeness (QED) is 0.747. The van der Waals surface area contributed by atoms with Crippen LogP contribution in [0.25, 0.3) is 0 Å². The summed E-state index contributed by atoms with van der Waals surface area (Å²) in [6.07, 6.45) is 2.99. The van der Waals surface area contributed by atoms with Gasteiger partial charge in [0.05, 0.1) is 11.4 Å². The molecule has 25 heavy (non-hydrogen) atoms. The Balaban J connectivity index is 1.54.